The van der Waals surface area contributed by atoms with Crippen molar-refractivity contribution in [2.75, 3.05) is 14.1 Å². The second-order valence-corrected chi connectivity index (χ2v) is 10.3. The van der Waals surface area contributed by atoms with E-state index in [1.807, 2.05) is 0 Å². The number of hydrogen-bond donors (Lipinski definition) is 0. The molecule has 0 aromatic heterocycles. The van der Waals surface area contributed by atoms with Crippen molar-refractivity contribution < 1.29 is 0 Å². The molecule has 2 aliphatic rings. The van der Waals surface area contributed by atoms with Crippen molar-refractivity contribution in [3.8, 4) is 0 Å². The maximum Gasteiger partial charge on any atom is 0.0192 e. The molecule has 0 amide bonds. The summed E-state index contributed by atoms with van der Waals surface area (Å²) in [5.74, 6) is 0. The van der Waals surface area contributed by atoms with Gasteiger partial charge in [-0.25, -0.2) is 0 Å². The van der Waals surface area contributed by atoms with E-state index in [1.165, 1.54) is 25.7 Å². The summed E-state index contributed by atoms with van der Waals surface area (Å²) >= 11 is 0. The van der Waals surface area contributed by atoms with Crippen molar-refractivity contribution in [2.24, 2.45) is 0 Å². The van der Waals surface area contributed by atoms with Gasteiger partial charge >= 0.3 is 0 Å². The highest BCUT2D eigenvalue weighted by molar-refractivity contribution is 5.28. The first-order chi connectivity index (χ1) is 9.69. The van der Waals surface area contributed by atoms with Crippen molar-refractivity contribution in [3.63, 3.8) is 0 Å². The average Bonchev–Trinajstić information content (AvgIpc) is 2.31. The minimum Gasteiger partial charge on any atom is -0.295 e. The van der Waals surface area contributed by atoms with E-state index in [-0.39, 0.29) is 22.2 Å². The van der Waals surface area contributed by atoms with Crippen LogP contribution < -0.4 is 0 Å². The van der Waals surface area contributed by atoms with Gasteiger partial charge in [-0.2, -0.15) is 0 Å². The van der Waals surface area contributed by atoms with Crippen LogP contribution >= 0.6 is 0 Å². The van der Waals surface area contributed by atoms with Crippen LogP contribution in [0.2, 0.25) is 0 Å². The van der Waals surface area contributed by atoms with Gasteiger partial charge in [0.15, 0.2) is 0 Å². The van der Waals surface area contributed by atoms with Gasteiger partial charge in [0.05, 0.1) is 0 Å². The van der Waals surface area contributed by atoms with E-state index < -0.39 is 0 Å². The molecule has 2 heterocycles. The predicted molar refractivity (Wildman–Crippen MR) is 97.3 cm³/mol. The Kier molecular flexibility index (Phi) is 4.15. The second kappa shape index (κ2) is 5.08. The lowest BCUT2D eigenvalue weighted by Crippen LogP contribution is -2.59. The molecule has 0 N–H and O–H groups in total. The van der Waals surface area contributed by atoms with Crippen LogP contribution in [0.4, 0.5) is 0 Å². The van der Waals surface area contributed by atoms with Crippen LogP contribution in [0.5, 0.6) is 0 Å². The number of hydrogen-bond acceptors (Lipinski definition) is 2. The summed E-state index contributed by atoms with van der Waals surface area (Å²) in [5, 5.41) is 0. The molecule has 2 nitrogen and oxygen atoms in total. The van der Waals surface area contributed by atoms with Crippen LogP contribution in [0.25, 0.3) is 0 Å². The molecule has 0 atom stereocenters. The third-order valence-corrected chi connectivity index (χ3v) is 6.72. The van der Waals surface area contributed by atoms with Gasteiger partial charge in [0, 0.05) is 22.2 Å². The zero-order valence-corrected chi connectivity index (χ0v) is 16.7. The molecule has 0 bridgehead atoms. The average molecular weight is 307 g/mol. The molecule has 2 fully saturated rings. The number of likely N-dealkylation sites (tertiary alicyclic amines) is 2. The van der Waals surface area contributed by atoms with Crippen LogP contribution in [0.15, 0.2) is 11.1 Å². The minimum atomic E-state index is 0.252. The van der Waals surface area contributed by atoms with E-state index in [9.17, 15) is 0 Å². The lowest BCUT2D eigenvalue weighted by atomic mass is 9.70. The topological polar surface area (TPSA) is 6.48 Å². The monoisotopic (exact) mass is 306 g/mol. The molecular formula is C20H38N2. The third-order valence-electron chi connectivity index (χ3n) is 6.72. The van der Waals surface area contributed by atoms with Crippen LogP contribution in [-0.4, -0.2) is 46.1 Å². The molecule has 2 heteroatoms. The molecule has 0 spiro atoms. The molecule has 0 unspecified atom stereocenters. The lowest BCUT2D eigenvalue weighted by Gasteiger charge is -2.55. The summed E-state index contributed by atoms with van der Waals surface area (Å²) < 4.78 is 0. The zero-order valence-electron chi connectivity index (χ0n) is 16.7. The highest BCUT2D eigenvalue weighted by atomic mass is 15.2. The molecular weight excluding hydrogens is 268 g/mol. The number of rotatable bonds is 0. The fraction of sp³-hybridized carbons (Fsp3) is 0.900. The Morgan fingerprint density at radius 1 is 0.500 bits per heavy atom. The van der Waals surface area contributed by atoms with Crippen LogP contribution in [0, 0.1) is 0 Å². The maximum atomic E-state index is 2.58. The van der Waals surface area contributed by atoms with Gasteiger partial charge in [0.25, 0.3) is 0 Å². The molecule has 2 aliphatic heterocycles. The van der Waals surface area contributed by atoms with Crippen molar-refractivity contribution in [2.45, 2.75) is 103 Å². The lowest BCUT2D eigenvalue weighted by molar-refractivity contribution is 0.00798. The van der Waals surface area contributed by atoms with Crippen molar-refractivity contribution >= 4 is 0 Å². The molecule has 0 aliphatic carbocycles. The van der Waals surface area contributed by atoms with Gasteiger partial charge in [-0.1, -0.05) is 11.1 Å². The molecule has 0 aromatic carbocycles. The van der Waals surface area contributed by atoms with Gasteiger partial charge in [-0.3, -0.25) is 9.80 Å². The molecule has 0 aromatic rings. The summed E-state index contributed by atoms with van der Waals surface area (Å²) in [5.41, 5.74) is 4.48. The Morgan fingerprint density at radius 3 is 0.864 bits per heavy atom. The molecule has 0 saturated carbocycles. The Balaban J connectivity index is 2.42. The van der Waals surface area contributed by atoms with Gasteiger partial charge in [0.2, 0.25) is 0 Å². The highest BCUT2D eigenvalue weighted by Gasteiger charge is 2.45. The summed E-state index contributed by atoms with van der Waals surface area (Å²) in [6.45, 7) is 19.2. The fourth-order valence-corrected chi connectivity index (χ4v) is 4.83. The Hall–Kier alpha value is -0.340. The maximum absolute atomic E-state index is 2.58. The van der Waals surface area contributed by atoms with Crippen LogP contribution in [0.1, 0.15) is 81.1 Å². The standard InChI is InChI=1S/C20H38N2/c1-17(2)11-15(12-18(3,4)21(17)9)16-13-19(5,6)22(10)20(7,8)14-16/h11-14H2,1-10H3. The first-order valence-corrected chi connectivity index (χ1v) is 8.87. The SMILES string of the molecule is CN1C(C)(C)CC(=C2CC(C)(C)N(C)C(C)(C)C2)CC1(C)C. The van der Waals surface area contributed by atoms with E-state index in [0.717, 1.165) is 0 Å². The van der Waals surface area contributed by atoms with Gasteiger partial charge < -0.3 is 0 Å². The number of nitrogens with zero attached hydrogens (tertiary/aromatic N) is 2. The van der Waals surface area contributed by atoms with E-state index >= 15 is 0 Å². The first kappa shape index (κ1) is 18.0. The fourth-order valence-electron chi connectivity index (χ4n) is 4.83. The Bertz CT molecular complexity index is 396. The van der Waals surface area contributed by atoms with Gasteiger partial charge in [-0.05, 0) is 95.2 Å². The minimum absolute atomic E-state index is 0.252. The number of piperidine rings is 2. The normalized spacial score (nSPS) is 31.4. The van der Waals surface area contributed by atoms with E-state index in [2.05, 4.69) is 79.3 Å². The molecule has 2 rings (SSSR count). The Morgan fingerprint density at radius 2 is 0.682 bits per heavy atom. The Labute approximate surface area is 138 Å². The second-order valence-electron chi connectivity index (χ2n) is 10.3. The van der Waals surface area contributed by atoms with Crippen molar-refractivity contribution in [3.05, 3.63) is 11.1 Å². The van der Waals surface area contributed by atoms with Crippen molar-refractivity contribution in [1.29, 1.82) is 0 Å². The van der Waals surface area contributed by atoms with Crippen LogP contribution in [-0.2, 0) is 0 Å². The summed E-state index contributed by atoms with van der Waals surface area (Å²) in [6, 6.07) is 0. The summed E-state index contributed by atoms with van der Waals surface area (Å²) in [7, 11) is 4.59. The van der Waals surface area contributed by atoms with Gasteiger partial charge in [0.1, 0.15) is 0 Å². The predicted octanol–water partition coefficient (Wildman–Crippen LogP) is 4.85. The quantitative estimate of drug-likeness (QED) is 0.590. The molecule has 128 valence electrons. The highest BCUT2D eigenvalue weighted by Crippen LogP contribution is 2.47. The molecule has 0 radical (unpaired) electrons. The summed E-state index contributed by atoms with van der Waals surface area (Å²) in [4.78, 5) is 5.16. The van der Waals surface area contributed by atoms with Gasteiger partial charge in [-0.15, -0.1) is 0 Å². The van der Waals surface area contributed by atoms with Crippen molar-refractivity contribution in [1.82, 2.24) is 9.80 Å². The first-order valence-electron chi connectivity index (χ1n) is 8.87. The van der Waals surface area contributed by atoms with Crippen LogP contribution in [0.3, 0.4) is 0 Å². The third kappa shape index (κ3) is 3.01. The molecule has 22 heavy (non-hydrogen) atoms. The van der Waals surface area contributed by atoms with E-state index in [1.54, 1.807) is 11.1 Å². The zero-order chi connectivity index (χ0) is 17.1. The molecule has 2 saturated heterocycles. The smallest absolute Gasteiger partial charge is 0.0192 e. The van der Waals surface area contributed by atoms with E-state index in [4.69, 9.17) is 0 Å². The summed E-state index contributed by atoms with van der Waals surface area (Å²) in [6.07, 6.45) is 4.88. The largest absolute Gasteiger partial charge is 0.295 e. The van der Waals surface area contributed by atoms with E-state index in [0.29, 0.717) is 0 Å².